The molecule has 0 bridgehead atoms. The highest BCUT2D eigenvalue weighted by Gasteiger charge is 2.04. The van der Waals surface area contributed by atoms with Crippen LogP contribution < -0.4 is 10.6 Å². The van der Waals surface area contributed by atoms with Gasteiger partial charge in [0.1, 0.15) is 0 Å². The fraction of sp³-hybridized carbons (Fsp3) is 0.857. The van der Waals surface area contributed by atoms with E-state index in [1.807, 2.05) is 27.7 Å². The number of unbranched alkanes of at least 4 members (excludes halogenated alkanes) is 2. The molecule has 0 aromatic heterocycles. The Balaban J connectivity index is 3.36. The van der Waals surface area contributed by atoms with Crippen molar-refractivity contribution >= 4 is 11.8 Å². The topological polar surface area (TPSA) is 58.2 Å². The molecule has 4 nitrogen and oxygen atoms in total. The van der Waals surface area contributed by atoms with E-state index in [1.54, 1.807) is 0 Å². The maximum atomic E-state index is 11.3. The summed E-state index contributed by atoms with van der Waals surface area (Å²) in [6.07, 6.45) is 3.99. The molecule has 0 saturated heterocycles. The maximum Gasteiger partial charge on any atom is 0.220 e. The van der Waals surface area contributed by atoms with Crippen molar-refractivity contribution in [1.29, 1.82) is 0 Å². The number of nitrogens with one attached hydrogen (secondary N) is 2. The minimum atomic E-state index is 0.119. The normalized spacial score (nSPS) is 10.8. The first-order valence-corrected chi connectivity index (χ1v) is 6.98. The molecule has 0 radical (unpaired) electrons. The summed E-state index contributed by atoms with van der Waals surface area (Å²) in [6.45, 7) is 8.71. The van der Waals surface area contributed by atoms with Crippen molar-refractivity contribution in [3.8, 4) is 0 Å². The summed E-state index contributed by atoms with van der Waals surface area (Å²) in [5.74, 6) is 0.654. The van der Waals surface area contributed by atoms with Crippen molar-refractivity contribution in [2.45, 2.75) is 65.8 Å². The molecule has 18 heavy (non-hydrogen) atoms. The molecule has 0 aromatic carbocycles. The number of hydrogen-bond acceptors (Lipinski definition) is 2. The van der Waals surface area contributed by atoms with Crippen LogP contribution in [0.3, 0.4) is 0 Å². The van der Waals surface area contributed by atoms with Crippen LogP contribution in [0.2, 0.25) is 0 Å². The summed E-state index contributed by atoms with van der Waals surface area (Å²) in [5, 5.41) is 5.76. The van der Waals surface area contributed by atoms with Crippen molar-refractivity contribution in [3.63, 3.8) is 0 Å². The van der Waals surface area contributed by atoms with Crippen LogP contribution in [0, 0.1) is 5.92 Å². The van der Waals surface area contributed by atoms with E-state index in [1.165, 1.54) is 0 Å². The predicted octanol–water partition coefficient (Wildman–Crippen LogP) is 2.23. The molecule has 0 atom stereocenters. The molecule has 0 aliphatic carbocycles. The Morgan fingerprint density at radius 3 is 2.17 bits per heavy atom. The highest BCUT2D eigenvalue weighted by molar-refractivity contribution is 5.76. The van der Waals surface area contributed by atoms with Crippen molar-refractivity contribution < 1.29 is 9.59 Å². The molecule has 4 heteroatoms. The van der Waals surface area contributed by atoms with Crippen molar-refractivity contribution in [2.24, 2.45) is 5.92 Å². The van der Waals surface area contributed by atoms with E-state index in [2.05, 4.69) is 10.6 Å². The Bertz CT molecular complexity index is 224. The van der Waals surface area contributed by atoms with Crippen LogP contribution in [0.4, 0.5) is 0 Å². The van der Waals surface area contributed by atoms with Gasteiger partial charge in [-0.25, -0.2) is 0 Å². The molecular weight excluding hydrogens is 228 g/mol. The first-order chi connectivity index (χ1) is 8.41. The molecule has 0 rings (SSSR count). The first kappa shape index (κ1) is 16.9. The van der Waals surface area contributed by atoms with Crippen LogP contribution in [0.1, 0.15) is 59.8 Å². The minimum Gasteiger partial charge on any atom is -0.356 e. The van der Waals surface area contributed by atoms with Gasteiger partial charge >= 0.3 is 0 Å². The first-order valence-electron chi connectivity index (χ1n) is 6.98. The highest BCUT2D eigenvalue weighted by Crippen LogP contribution is 2.01. The Hall–Kier alpha value is -1.06. The third kappa shape index (κ3) is 11.4. The molecule has 0 aromatic rings. The molecule has 2 amide bonds. The van der Waals surface area contributed by atoms with Gasteiger partial charge in [0.05, 0.1) is 0 Å². The summed E-state index contributed by atoms with van der Waals surface area (Å²) in [4.78, 5) is 22.7. The second-order valence-electron chi connectivity index (χ2n) is 5.48. The van der Waals surface area contributed by atoms with Gasteiger partial charge in [-0.3, -0.25) is 9.59 Å². The Kier molecular flexibility index (Phi) is 9.33. The van der Waals surface area contributed by atoms with Crippen LogP contribution in [0.25, 0.3) is 0 Å². The third-order valence-corrected chi connectivity index (χ3v) is 2.45. The smallest absolute Gasteiger partial charge is 0.220 e. The largest absolute Gasteiger partial charge is 0.356 e. The number of carbonyl (C=O) groups excluding carboxylic acids is 2. The fourth-order valence-electron chi connectivity index (χ4n) is 1.65. The van der Waals surface area contributed by atoms with E-state index in [9.17, 15) is 9.59 Å². The van der Waals surface area contributed by atoms with Crippen LogP contribution in [-0.2, 0) is 9.59 Å². The monoisotopic (exact) mass is 256 g/mol. The van der Waals surface area contributed by atoms with Gasteiger partial charge in [-0.15, -0.1) is 0 Å². The fourth-order valence-corrected chi connectivity index (χ4v) is 1.65. The number of rotatable bonds is 9. The van der Waals surface area contributed by atoms with Gasteiger partial charge in [0, 0.05) is 25.4 Å². The number of carbonyl (C=O) groups is 2. The molecule has 0 fully saturated rings. The lowest BCUT2D eigenvalue weighted by Gasteiger charge is -2.08. The van der Waals surface area contributed by atoms with E-state index in [0.29, 0.717) is 18.8 Å². The van der Waals surface area contributed by atoms with Crippen LogP contribution >= 0.6 is 0 Å². The molecule has 0 aliphatic heterocycles. The summed E-state index contributed by atoms with van der Waals surface area (Å²) < 4.78 is 0. The molecule has 0 saturated carbocycles. The Morgan fingerprint density at radius 1 is 0.944 bits per heavy atom. The summed E-state index contributed by atoms with van der Waals surface area (Å²) in [7, 11) is 0. The maximum absolute atomic E-state index is 11.3. The molecule has 0 aliphatic rings. The lowest BCUT2D eigenvalue weighted by Crippen LogP contribution is -2.29. The van der Waals surface area contributed by atoms with Gasteiger partial charge in [0.25, 0.3) is 0 Å². The van der Waals surface area contributed by atoms with Crippen molar-refractivity contribution in [2.75, 3.05) is 6.54 Å². The number of amides is 2. The third-order valence-electron chi connectivity index (χ3n) is 2.45. The average Bonchev–Trinajstić information content (AvgIpc) is 2.20. The van der Waals surface area contributed by atoms with Crippen LogP contribution in [-0.4, -0.2) is 24.4 Å². The zero-order valence-corrected chi connectivity index (χ0v) is 12.2. The van der Waals surface area contributed by atoms with Gasteiger partial charge in [-0.1, -0.05) is 20.3 Å². The molecule has 0 heterocycles. The molecular formula is C14H28N2O2. The van der Waals surface area contributed by atoms with Gasteiger partial charge in [0.15, 0.2) is 0 Å². The molecule has 2 N–H and O–H groups in total. The van der Waals surface area contributed by atoms with E-state index in [4.69, 9.17) is 0 Å². The van der Waals surface area contributed by atoms with Crippen LogP contribution in [0.5, 0.6) is 0 Å². The average molecular weight is 256 g/mol. The highest BCUT2D eigenvalue weighted by atomic mass is 16.2. The number of hydrogen-bond donors (Lipinski definition) is 2. The second-order valence-corrected chi connectivity index (χ2v) is 5.48. The quantitative estimate of drug-likeness (QED) is 0.622. The molecule has 0 unspecified atom stereocenters. The van der Waals surface area contributed by atoms with Gasteiger partial charge in [0.2, 0.25) is 11.8 Å². The zero-order valence-electron chi connectivity index (χ0n) is 12.2. The van der Waals surface area contributed by atoms with E-state index in [-0.39, 0.29) is 17.9 Å². The van der Waals surface area contributed by atoms with Gasteiger partial charge in [-0.05, 0) is 32.6 Å². The van der Waals surface area contributed by atoms with Crippen molar-refractivity contribution in [3.05, 3.63) is 0 Å². The van der Waals surface area contributed by atoms with E-state index >= 15 is 0 Å². The van der Waals surface area contributed by atoms with E-state index < -0.39 is 0 Å². The predicted molar refractivity (Wildman–Crippen MR) is 74.2 cm³/mol. The molecule has 106 valence electrons. The summed E-state index contributed by atoms with van der Waals surface area (Å²) in [5.41, 5.74) is 0. The van der Waals surface area contributed by atoms with Crippen molar-refractivity contribution in [1.82, 2.24) is 10.6 Å². The van der Waals surface area contributed by atoms with E-state index in [0.717, 1.165) is 25.8 Å². The second kappa shape index (κ2) is 9.92. The SMILES string of the molecule is CC(C)CC(=O)NCCCCCC(=O)NC(C)C. The lowest BCUT2D eigenvalue weighted by atomic mass is 10.1. The van der Waals surface area contributed by atoms with Crippen LogP contribution in [0.15, 0.2) is 0 Å². The standard InChI is InChI=1S/C14H28N2O2/c1-11(2)10-14(18)15-9-7-5-6-8-13(17)16-12(3)4/h11-12H,5-10H2,1-4H3,(H,15,18)(H,16,17). The zero-order chi connectivity index (χ0) is 14.0. The van der Waals surface area contributed by atoms with Gasteiger partial charge in [-0.2, -0.15) is 0 Å². The molecule has 0 spiro atoms. The summed E-state index contributed by atoms with van der Waals surface area (Å²) in [6, 6.07) is 0.216. The lowest BCUT2D eigenvalue weighted by molar-refractivity contribution is -0.122. The summed E-state index contributed by atoms with van der Waals surface area (Å²) >= 11 is 0. The minimum absolute atomic E-state index is 0.119. The van der Waals surface area contributed by atoms with Gasteiger partial charge < -0.3 is 10.6 Å². The Labute approximate surface area is 111 Å². The Morgan fingerprint density at radius 2 is 1.61 bits per heavy atom.